The van der Waals surface area contributed by atoms with Gasteiger partial charge in [0, 0.05) is 27.7 Å². The van der Waals surface area contributed by atoms with Crippen molar-refractivity contribution in [3.8, 4) is 17.1 Å². The fourth-order valence-corrected chi connectivity index (χ4v) is 3.35. The van der Waals surface area contributed by atoms with E-state index in [1.54, 1.807) is 12.0 Å². The summed E-state index contributed by atoms with van der Waals surface area (Å²) in [7, 11) is 1.65. The summed E-state index contributed by atoms with van der Waals surface area (Å²) >= 11 is 0. The molecule has 0 saturated carbocycles. The lowest BCUT2D eigenvalue weighted by atomic mass is 10.1. The molecule has 2 N–H and O–H groups in total. The fourth-order valence-electron chi connectivity index (χ4n) is 3.35. The Labute approximate surface area is 144 Å². The van der Waals surface area contributed by atoms with E-state index in [1.807, 2.05) is 32.0 Å². The zero-order valence-electron chi connectivity index (χ0n) is 14.5. The maximum atomic E-state index is 12.4. The van der Waals surface area contributed by atoms with Crippen LogP contribution in [0.4, 0.5) is 4.79 Å². The van der Waals surface area contributed by atoms with Gasteiger partial charge in [0.05, 0.1) is 32.5 Å². The molecule has 0 atom stereocenters. The molecule has 2 aromatic heterocycles. The number of hydrogen-bond acceptors (Lipinski definition) is 4. The van der Waals surface area contributed by atoms with E-state index in [2.05, 4.69) is 15.2 Å². The maximum absolute atomic E-state index is 12.4. The van der Waals surface area contributed by atoms with Crippen LogP contribution in [0.15, 0.2) is 18.2 Å². The summed E-state index contributed by atoms with van der Waals surface area (Å²) in [6, 6.07) is 5.88. The number of carbonyl (C=O) groups is 1. The molecule has 0 fully saturated rings. The van der Waals surface area contributed by atoms with E-state index in [0.717, 1.165) is 44.9 Å². The van der Waals surface area contributed by atoms with Gasteiger partial charge in [0.2, 0.25) is 0 Å². The average molecular weight is 340 g/mol. The number of rotatable bonds is 2. The van der Waals surface area contributed by atoms with Crippen LogP contribution < -0.4 is 4.74 Å². The molecule has 0 saturated heterocycles. The summed E-state index contributed by atoms with van der Waals surface area (Å²) in [4.78, 5) is 17.6. The van der Waals surface area contributed by atoms with Gasteiger partial charge in [-0.1, -0.05) is 0 Å². The molecule has 0 bridgehead atoms. The normalized spacial score (nSPS) is 13.3. The van der Waals surface area contributed by atoms with E-state index in [1.165, 1.54) is 0 Å². The number of nitrogens with zero attached hydrogens (tertiary/aromatic N) is 2. The number of methoxy groups -OCH3 is 1. The van der Waals surface area contributed by atoms with Crippen molar-refractivity contribution in [1.82, 2.24) is 20.1 Å². The van der Waals surface area contributed by atoms with Gasteiger partial charge < -0.3 is 14.5 Å². The fraction of sp³-hybridized carbons (Fsp3) is 0.333. The SMILES string of the molecule is CCOC(=O)N1Cc2c(n[nH]c2C)-c2[nH]c3ccc(OC)cc3c2C1. The molecular weight excluding hydrogens is 320 g/mol. The standard InChI is InChI=1S/C18H20N4O3/c1-4-25-18(23)22-8-13-10(2)20-21-17(13)16-14(9-22)12-7-11(24-3)5-6-15(12)19-16/h5-7,19H,4,8-9H2,1-3H3,(H,20,21). The number of aromatic nitrogens is 3. The number of benzene rings is 1. The largest absolute Gasteiger partial charge is 0.497 e. The van der Waals surface area contributed by atoms with Crippen molar-refractivity contribution >= 4 is 17.0 Å². The van der Waals surface area contributed by atoms with Crippen LogP contribution in [0.2, 0.25) is 0 Å². The quantitative estimate of drug-likeness (QED) is 0.749. The Bertz CT molecular complexity index is 957. The number of amides is 1. The molecule has 7 heteroatoms. The van der Waals surface area contributed by atoms with E-state index in [-0.39, 0.29) is 6.09 Å². The van der Waals surface area contributed by atoms with Crippen molar-refractivity contribution in [2.45, 2.75) is 26.9 Å². The molecule has 0 aliphatic carbocycles. The molecule has 1 aliphatic heterocycles. The van der Waals surface area contributed by atoms with Gasteiger partial charge in [0.15, 0.2) is 0 Å². The molecule has 3 heterocycles. The van der Waals surface area contributed by atoms with E-state index in [9.17, 15) is 4.79 Å². The van der Waals surface area contributed by atoms with Crippen molar-refractivity contribution in [2.75, 3.05) is 13.7 Å². The lowest BCUT2D eigenvalue weighted by Crippen LogP contribution is -2.30. The summed E-state index contributed by atoms with van der Waals surface area (Å²) < 4.78 is 10.6. The third kappa shape index (κ3) is 2.43. The zero-order chi connectivity index (χ0) is 17.6. The Balaban J connectivity index is 1.93. The van der Waals surface area contributed by atoms with Gasteiger partial charge >= 0.3 is 6.09 Å². The van der Waals surface area contributed by atoms with E-state index < -0.39 is 0 Å². The Morgan fingerprint density at radius 1 is 1.32 bits per heavy atom. The highest BCUT2D eigenvalue weighted by Gasteiger charge is 2.29. The molecule has 7 nitrogen and oxygen atoms in total. The Morgan fingerprint density at radius 2 is 2.12 bits per heavy atom. The predicted molar refractivity (Wildman–Crippen MR) is 93.4 cm³/mol. The second-order valence-corrected chi connectivity index (χ2v) is 6.12. The summed E-state index contributed by atoms with van der Waals surface area (Å²) in [5.74, 6) is 0.777. The molecule has 1 amide bonds. The van der Waals surface area contributed by atoms with Gasteiger partial charge in [0.1, 0.15) is 11.4 Å². The van der Waals surface area contributed by atoms with Crippen LogP contribution in [0.1, 0.15) is 23.7 Å². The third-order valence-electron chi connectivity index (χ3n) is 4.65. The molecule has 1 aliphatic rings. The van der Waals surface area contributed by atoms with Gasteiger partial charge in [0.25, 0.3) is 0 Å². The number of aryl methyl sites for hydroxylation is 1. The number of nitrogens with one attached hydrogen (secondary N) is 2. The van der Waals surface area contributed by atoms with Crippen molar-refractivity contribution < 1.29 is 14.3 Å². The minimum atomic E-state index is -0.320. The molecule has 1 aromatic carbocycles. The highest BCUT2D eigenvalue weighted by molar-refractivity contribution is 5.92. The van der Waals surface area contributed by atoms with Crippen LogP contribution in [-0.2, 0) is 17.8 Å². The number of fused-ring (bicyclic) bond motifs is 5. The van der Waals surface area contributed by atoms with Crippen LogP contribution in [0, 0.1) is 6.92 Å². The summed E-state index contributed by atoms with van der Waals surface area (Å²) in [6.07, 6.45) is -0.320. The predicted octanol–water partition coefficient (Wildman–Crippen LogP) is 3.35. The highest BCUT2D eigenvalue weighted by atomic mass is 16.6. The van der Waals surface area contributed by atoms with Crippen LogP contribution in [0.25, 0.3) is 22.3 Å². The van der Waals surface area contributed by atoms with Gasteiger partial charge in [-0.3, -0.25) is 10.00 Å². The lowest BCUT2D eigenvalue weighted by Gasteiger charge is -2.20. The molecule has 4 rings (SSSR count). The third-order valence-corrected chi connectivity index (χ3v) is 4.65. The van der Waals surface area contributed by atoms with Crippen molar-refractivity contribution in [3.63, 3.8) is 0 Å². The summed E-state index contributed by atoms with van der Waals surface area (Å²) in [5, 5.41) is 8.53. The van der Waals surface area contributed by atoms with Crippen molar-refractivity contribution in [3.05, 3.63) is 35.0 Å². The first kappa shape index (κ1) is 15.6. The first-order valence-corrected chi connectivity index (χ1v) is 8.26. The van der Waals surface area contributed by atoms with Crippen LogP contribution >= 0.6 is 0 Å². The second kappa shape index (κ2) is 5.84. The van der Waals surface area contributed by atoms with Crippen molar-refractivity contribution in [2.24, 2.45) is 0 Å². The first-order chi connectivity index (χ1) is 12.1. The average Bonchev–Trinajstić information content (AvgIpc) is 3.09. The molecule has 0 spiro atoms. The summed E-state index contributed by atoms with van der Waals surface area (Å²) in [6.45, 7) is 5.04. The molecule has 130 valence electrons. The number of ether oxygens (including phenoxy) is 2. The smallest absolute Gasteiger partial charge is 0.410 e. The molecule has 25 heavy (non-hydrogen) atoms. The van der Waals surface area contributed by atoms with Crippen LogP contribution in [0.5, 0.6) is 5.75 Å². The minimum absolute atomic E-state index is 0.320. The van der Waals surface area contributed by atoms with E-state index in [0.29, 0.717) is 19.7 Å². The van der Waals surface area contributed by atoms with E-state index >= 15 is 0 Å². The summed E-state index contributed by atoms with van der Waals surface area (Å²) in [5.41, 5.74) is 5.76. The van der Waals surface area contributed by atoms with E-state index in [4.69, 9.17) is 9.47 Å². The second-order valence-electron chi connectivity index (χ2n) is 6.12. The van der Waals surface area contributed by atoms with Gasteiger partial charge in [-0.25, -0.2) is 4.79 Å². The maximum Gasteiger partial charge on any atom is 0.410 e. The first-order valence-electron chi connectivity index (χ1n) is 8.26. The van der Waals surface area contributed by atoms with Crippen LogP contribution in [0.3, 0.4) is 0 Å². The van der Waals surface area contributed by atoms with Crippen LogP contribution in [-0.4, -0.2) is 39.9 Å². The number of H-pyrrole nitrogens is 2. The monoisotopic (exact) mass is 340 g/mol. The highest BCUT2D eigenvalue weighted by Crippen LogP contribution is 2.37. The minimum Gasteiger partial charge on any atom is -0.497 e. The number of hydrogen-bond donors (Lipinski definition) is 2. The molecule has 3 aromatic rings. The van der Waals surface area contributed by atoms with Gasteiger partial charge in [-0.15, -0.1) is 0 Å². The van der Waals surface area contributed by atoms with Gasteiger partial charge in [-0.2, -0.15) is 5.10 Å². The Hall–Kier alpha value is -2.96. The zero-order valence-corrected chi connectivity index (χ0v) is 14.5. The number of carbonyl (C=O) groups excluding carboxylic acids is 1. The molecular formula is C18H20N4O3. The molecule has 0 unspecified atom stereocenters. The molecule has 0 radical (unpaired) electrons. The Kier molecular flexibility index (Phi) is 3.63. The van der Waals surface area contributed by atoms with Gasteiger partial charge in [-0.05, 0) is 32.0 Å². The number of aromatic amines is 2. The van der Waals surface area contributed by atoms with Crippen molar-refractivity contribution in [1.29, 1.82) is 0 Å². The lowest BCUT2D eigenvalue weighted by molar-refractivity contribution is 0.102. The topological polar surface area (TPSA) is 83.2 Å². The Morgan fingerprint density at radius 3 is 2.88 bits per heavy atom.